The Hall–Kier alpha value is -0.600. The molecular weight excluding hydrogens is 128 g/mol. The molecule has 0 aliphatic heterocycles. The molecule has 0 N–H and O–H groups in total. The smallest absolute Gasteiger partial charge is 0.100 e. The summed E-state index contributed by atoms with van der Waals surface area (Å²) in [6.07, 6.45) is 7.60. The summed E-state index contributed by atoms with van der Waals surface area (Å²) in [4.78, 5) is 9.48. The van der Waals surface area contributed by atoms with Gasteiger partial charge in [0.25, 0.3) is 0 Å². The van der Waals surface area contributed by atoms with Crippen molar-refractivity contribution in [2.75, 3.05) is 13.2 Å². The zero-order valence-electron chi connectivity index (χ0n) is 6.54. The molecule has 0 aromatic heterocycles. The molecule has 0 heterocycles. The topological polar surface area (TPSA) is 18.5 Å². The van der Waals surface area contributed by atoms with Crippen molar-refractivity contribution in [3.8, 4) is 0 Å². The largest absolute Gasteiger partial charge is 0.232 e. The highest BCUT2D eigenvalue weighted by Crippen LogP contribution is 1.81. The summed E-state index contributed by atoms with van der Waals surface area (Å²) < 4.78 is 0. The van der Waals surface area contributed by atoms with Gasteiger partial charge in [-0.25, -0.2) is 9.78 Å². The number of hydrogen-bond donors (Lipinski definition) is 0. The van der Waals surface area contributed by atoms with E-state index in [1.54, 1.807) is 0 Å². The average molecular weight is 142 g/mol. The Kier molecular flexibility index (Phi) is 7.90. The van der Waals surface area contributed by atoms with Crippen LogP contribution >= 0.6 is 0 Å². The minimum atomic E-state index is 0.522. The highest BCUT2D eigenvalue weighted by molar-refractivity contribution is 4.76. The molecular formula is C8H14O2. The van der Waals surface area contributed by atoms with E-state index < -0.39 is 0 Å². The summed E-state index contributed by atoms with van der Waals surface area (Å²) in [5.41, 5.74) is 0. The first-order valence-electron chi connectivity index (χ1n) is 3.38. The first-order valence-corrected chi connectivity index (χ1v) is 3.38. The van der Waals surface area contributed by atoms with Crippen molar-refractivity contribution in [2.45, 2.75) is 13.8 Å². The van der Waals surface area contributed by atoms with E-state index in [0.717, 1.165) is 0 Å². The fraction of sp³-hybridized carbons (Fsp3) is 0.500. The van der Waals surface area contributed by atoms with Crippen LogP contribution in [-0.4, -0.2) is 13.2 Å². The van der Waals surface area contributed by atoms with Crippen molar-refractivity contribution in [3.63, 3.8) is 0 Å². The highest BCUT2D eigenvalue weighted by Gasteiger charge is 1.78. The molecule has 0 rings (SSSR count). The van der Waals surface area contributed by atoms with E-state index in [4.69, 9.17) is 9.78 Å². The quantitative estimate of drug-likeness (QED) is 0.253. The fourth-order valence-electron chi connectivity index (χ4n) is 0.367. The first-order chi connectivity index (χ1) is 4.91. The van der Waals surface area contributed by atoms with E-state index >= 15 is 0 Å². The third kappa shape index (κ3) is 7.40. The van der Waals surface area contributed by atoms with Crippen molar-refractivity contribution in [1.29, 1.82) is 0 Å². The van der Waals surface area contributed by atoms with Crippen LogP contribution in [0.25, 0.3) is 0 Å². The van der Waals surface area contributed by atoms with Crippen molar-refractivity contribution in [1.82, 2.24) is 0 Å². The van der Waals surface area contributed by atoms with Crippen LogP contribution in [-0.2, 0) is 9.78 Å². The van der Waals surface area contributed by atoms with Gasteiger partial charge >= 0.3 is 0 Å². The van der Waals surface area contributed by atoms with Crippen LogP contribution in [0.3, 0.4) is 0 Å². The van der Waals surface area contributed by atoms with Crippen molar-refractivity contribution in [3.05, 3.63) is 24.3 Å². The van der Waals surface area contributed by atoms with Crippen LogP contribution in [0.4, 0.5) is 0 Å². The molecule has 0 bridgehead atoms. The molecule has 0 aromatic rings. The molecule has 0 unspecified atom stereocenters. The normalized spacial score (nSPS) is 11.8. The van der Waals surface area contributed by atoms with E-state index in [9.17, 15) is 0 Å². The predicted molar refractivity (Wildman–Crippen MR) is 41.5 cm³/mol. The first kappa shape index (κ1) is 9.40. The van der Waals surface area contributed by atoms with Crippen LogP contribution in [0.2, 0.25) is 0 Å². The Morgan fingerprint density at radius 1 is 0.900 bits per heavy atom. The Morgan fingerprint density at radius 2 is 1.30 bits per heavy atom. The minimum Gasteiger partial charge on any atom is -0.232 e. The van der Waals surface area contributed by atoms with Gasteiger partial charge in [0.05, 0.1) is 0 Å². The van der Waals surface area contributed by atoms with Gasteiger partial charge in [-0.1, -0.05) is 24.3 Å². The van der Waals surface area contributed by atoms with E-state index in [2.05, 4.69) is 0 Å². The van der Waals surface area contributed by atoms with Gasteiger partial charge in [-0.2, -0.15) is 0 Å². The fourth-order valence-corrected chi connectivity index (χ4v) is 0.367. The molecule has 58 valence electrons. The zero-order valence-corrected chi connectivity index (χ0v) is 6.54. The summed E-state index contributed by atoms with van der Waals surface area (Å²) in [7, 11) is 0. The second kappa shape index (κ2) is 8.40. The molecule has 0 radical (unpaired) electrons. The van der Waals surface area contributed by atoms with Gasteiger partial charge in [0.2, 0.25) is 0 Å². The van der Waals surface area contributed by atoms with Gasteiger partial charge in [-0.3, -0.25) is 0 Å². The van der Waals surface area contributed by atoms with Gasteiger partial charge in [0, 0.05) is 0 Å². The molecule has 0 saturated heterocycles. The van der Waals surface area contributed by atoms with Crippen LogP contribution in [0.5, 0.6) is 0 Å². The van der Waals surface area contributed by atoms with Gasteiger partial charge in [-0.05, 0) is 13.8 Å². The van der Waals surface area contributed by atoms with Gasteiger partial charge in [0.15, 0.2) is 0 Å². The Morgan fingerprint density at radius 3 is 1.60 bits per heavy atom. The van der Waals surface area contributed by atoms with Crippen molar-refractivity contribution in [2.24, 2.45) is 0 Å². The van der Waals surface area contributed by atoms with Gasteiger partial charge in [-0.15, -0.1) is 0 Å². The average Bonchev–Trinajstić information content (AvgIpc) is 1.97. The van der Waals surface area contributed by atoms with Crippen LogP contribution in [0.15, 0.2) is 24.3 Å². The van der Waals surface area contributed by atoms with Crippen LogP contribution < -0.4 is 0 Å². The highest BCUT2D eigenvalue weighted by atomic mass is 17.2. The summed E-state index contributed by atoms with van der Waals surface area (Å²) in [5.74, 6) is 0. The number of rotatable bonds is 5. The zero-order chi connectivity index (χ0) is 7.66. The third-order valence-corrected chi connectivity index (χ3v) is 0.883. The standard InChI is InChI=1S/C8H14O2/c1-3-5-7-9-10-8-6-4-2/h3-6H,7-8H2,1-2H3. The molecule has 0 fully saturated rings. The molecule has 10 heavy (non-hydrogen) atoms. The number of hydrogen-bond acceptors (Lipinski definition) is 2. The molecule has 0 saturated carbocycles. The second-order valence-electron chi connectivity index (χ2n) is 1.71. The monoisotopic (exact) mass is 142 g/mol. The maximum absolute atomic E-state index is 4.74. The summed E-state index contributed by atoms with van der Waals surface area (Å²) >= 11 is 0. The lowest BCUT2D eigenvalue weighted by Crippen LogP contribution is -1.93. The van der Waals surface area contributed by atoms with Crippen molar-refractivity contribution < 1.29 is 9.78 Å². The second-order valence-corrected chi connectivity index (χ2v) is 1.71. The Labute approximate surface area is 62.1 Å². The lowest BCUT2D eigenvalue weighted by molar-refractivity contribution is -0.277. The van der Waals surface area contributed by atoms with E-state index in [1.807, 2.05) is 38.2 Å². The van der Waals surface area contributed by atoms with E-state index in [-0.39, 0.29) is 0 Å². The lowest BCUT2D eigenvalue weighted by Gasteiger charge is -1.95. The molecule has 2 heteroatoms. The van der Waals surface area contributed by atoms with Crippen LogP contribution in [0, 0.1) is 0 Å². The number of allylic oxidation sites excluding steroid dienone is 2. The lowest BCUT2D eigenvalue weighted by atomic mass is 10.6. The van der Waals surface area contributed by atoms with Gasteiger partial charge < -0.3 is 0 Å². The Balaban J connectivity index is 2.90. The van der Waals surface area contributed by atoms with E-state index in [1.165, 1.54) is 0 Å². The summed E-state index contributed by atoms with van der Waals surface area (Å²) in [6, 6.07) is 0. The van der Waals surface area contributed by atoms with E-state index in [0.29, 0.717) is 13.2 Å². The summed E-state index contributed by atoms with van der Waals surface area (Å²) in [5, 5.41) is 0. The molecule has 0 aromatic carbocycles. The SMILES string of the molecule is CC=CCOOCC=CC. The molecule has 0 amide bonds. The van der Waals surface area contributed by atoms with Gasteiger partial charge in [0.1, 0.15) is 13.2 Å². The molecule has 0 aliphatic carbocycles. The molecule has 0 aliphatic rings. The molecule has 2 nitrogen and oxygen atoms in total. The third-order valence-electron chi connectivity index (χ3n) is 0.883. The molecule has 0 spiro atoms. The summed E-state index contributed by atoms with van der Waals surface area (Å²) in [6.45, 7) is 4.92. The van der Waals surface area contributed by atoms with Crippen molar-refractivity contribution >= 4 is 0 Å². The molecule has 0 atom stereocenters. The maximum Gasteiger partial charge on any atom is 0.100 e. The Bertz CT molecular complexity index is 91.8. The predicted octanol–water partition coefficient (Wildman–Crippen LogP) is 2.09. The van der Waals surface area contributed by atoms with Crippen LogP contribution in [0.1, 0.15) is 13.8 Å². The maximum atomic E-state index is 4.74. The minimum absolute atomic E-state index is 0.522.